The third-order valence-electron chi connectivity index (χ3n) is 2.81. The van der Waals surface area contributed by atoms with Gasteiger partial charge in [-0.15, -0.1) is 0 Å². The Morgan fingerprint density at radius 1 is 1.31 bits per heavy atom. The SMILES string of the molecule is NNc1nc(-c2ccco2)nc2c1CCC2. The van der Waals surface area contributed by atoms with Crippen molar-refractivity contribution in [2.75, 3.05) is 5.43 Å². The average Bonchev–Trinajstić information content (AvgIpc) is 2.97. The lowest BCUT2D eigenvalue weighted by Gasteiger charge is -2.07. The van der Waals surface area contributed by atoms with Gasteiger partial charge < -0.3 is 9.84 Å². The summed E-state index contributed by atoms with van der Waals surface area (Å²) in [5.74, 6) is 7.46. The predicted molar refractivity (Wildman–Crippen MR) is 59.6 cm³/mol. The molecule has 0 saturated carbocycles. The van der Waals surface area contributed by atoms with Crippen LogP contribution in [0.15, 0.2) is 22.8 Å². The second-order valence-electron chi connectivity index (χ2n) is 3.80. The maximum absolute atomic E-state index is 5.47. The van der Waals surface area contributed by atoms with Crippen molar-refractivity contribution in [2.24, 2.45) is 5.84 Å². The zero-order valence-electron chi connectivity index (χ0n) is 8.73. The summed E-state index contributed by atoms with van der Waals surface area (Å²) in [6.07, 6.45) is 4.70. The van der Waals surface area contributed by atoms with Crippen LogP contribution < -0.4 is 11.3 Å². The fourth-order valence-corrected chi connectivity index (χ4v) is 2.07. The number of hydrazine groups is 1. The molecule has 0 unspecified atom stereocenters. The van der Waals surface area contributed by atoms with Gasteiger partial charge in [0.2, 0.25) is 0 Å². The molecule has 0 aromatic carbocycles. The molecule has 0 saturated heterocycles. The van der Waals surface area contributed by atoms with Gasteiger partial charge in [0, 0.05) is 11.3 Å². The van der Waals surface area contributed by atoms with E-state index in [1.807, 2.05) is 12.1 Å². The minimum atomic E-state index is 0.596. The standard InChI is InChI=1S/C11H12N4O/c12-15-10-7-3-1-4-8(7)13-11(14-10)9-5-2-6-16-9/h2,5-6H,1,3-4,12H2,(H,13,14,15). The molecule has 0 amide bonds. The maximum atomic E-state index is 5.47. The second kappa shape index (κ2) is 3.61. The Morgan fingerprint density at radius 2 is 2.25 bits per heavy atom. The number of hydrogen-bond acceptors (Lipinski definition) is 5. The van der Waals surface area contributed by atoms with Gasteiger partial charge in [0.25, 0.3) is 0 Å². The predicted octanol–water partition coefficient (Wildman–Crippen LogP) is 1.51. The van der Waals surface area contributed by atoms with Gasteiger partial charge in [0.1, 0.15) is 5.82 Å². The van der Waals surface area contributed by atoms with Crippen molar-refractivity contribution in [2.45, 2.75) is 19.3 Å². The Bertz CT molecular complexity index is 507. The fraction of sp³-hybridized carbons (Fsp3) is 0.273. The minimum Gasteiger partial charge on any atom is -0.461 e. The number of nitrogens with zero attached hydrogens (tertiary/aromatic N) is 2. The van der Waals surface area contributed by atoms with Gasteiger partial charge in [-0.3, -0.25) is 0 Å². The van der Waals surface area contributed by atoms with Gasteiger partial charge in [0.15, 0.2) is 11.6 Å². The van der Waals surface area contributed by atoms with Gasteiger partial charge in [-0.25, -0.2) is 15.8 Å². The Labute approximate surface area is 92.7 Å². The van der Waals surface area contributed by atoms with Gasteiger partial charge >= 0.3 is 0 Å². The van der Waals surface area contributed by atoms with Crippen LogP contribution in [0.5, 0.6) is 0 Å². The molecule has 5 heteroatoms. The molecule has 0 fully saturated rings. The summed E-state index contributed by atoms with van der Waals surface area (Å²) in [7, 11) is 0. The van der Waals surface area contributed by atoms with E-state index in [4.69, 9.17) is 10.3 Å². The summed E-state index contributed by atoms with van der Waals surface area (Å²) in [5, 5.41) is 0. The number of hydrogen-bond donors (Lipinski definition) is 2. The van der Waals surface area contributed by atoms with Crippen LogP contribution in [0.1, 0.15) is 17.7 Å². The molecule has 1 aliphatic rings. The van der Waals surface area contributed by atoms with Crippen molar-refractivity contribution in [1.29, 1.82) is 0 Å². The number of anilines is 1. The molecule has 0 bridgehead atoms. The zero-order chi connectivity index (χ0) is 11.0. The van der Waals surface area contributed by atoms with Gasteiger partial charge in [-0.2, -0.15) is 0 Å². The minimum absolute atomic E-state index is 0.596. The van der Waals surface area contributed by atoms with Crippen LogP contribution in [0.4, 0.5) is 5.82 Å². The summed E-state index contributed by atoms with van der Waals surface area (Å²) < 4.78 is 5.29. The van der Waals surface area contributed by atoms with Crippen LogP contribution in [-0.2, 0) is 12.8 Å². The van der Waals surface area contributed by atoms with E-state index in [0.29, 0.717) is 17.4 Å². The Morgan fingerprint density at radius 3 is 3.00 bits per heavy atom. The zero-order valence-corrected chi connectivity index (χ0v) is 8.73. The Kier molecular flexibility index (Phi) is 2.11. The first-order valence-electron chi connectivity index (χ1n) is 5.29. The molecular weight excluding hydrogens is 204 g/mol. The largest absolute Gasteiger partial charge is 0.461 e. The summed E-state index contributed by atoms with van der Waals surface area (Å²) >= 11 is 0. The molecular formula is C11H12N4O. The average molecular weight is 216 g/mol. The molecule has 2 aromatic heterocycles. The van der Waals surface area contributed by atoms with E-state index in [1.165, 1.54) is 0 Å². The second-order valence-corrected chi connectivity index (χ2v) is 3.80. The van der Waals surface area contributed by atoms with E-state index < -0.39 is 0 Å². The van der Waals surface area contributed by atoms with E-state index in [-0.39, 0.29) is 0 Å². The molecule has 0 spiro atoms. The highest BCUT2D eigenvalue weighted by Crippen LogP contribution is 2.28. The number of rotatable bonds is 2. The quantitative estimate of drug-likeness (QED) is 0.587. The lowest BCUT2D eigenvalue weighted by atomic mass is 10.2. The highest BCUT2D eigenvalue weighted by molar-refractivity contribution is 5.56. The van der Waals surface area contributed by atoms with Crippen LogP contribution in [0, 0.1) is 0 Å². The van der Waals surface area contributed by atoms with Gasteiger partial charge in [-0.05, 0) is 31.4 Å². The van der Waals surface area contributed by atoms with E-state index in [0.717, 1.165) is 30.5 Å². The Hall–Kier alpha value is -1.88. The van der Waals surface area contributed by atoms with E-state index in [2.05, 4.69) is 15.4 Å². The van der Waals surface area contributed by atoms with Crippen molar-refractivity contribution in [3.05, 3.63) is 29.7 Å². The molecule has 0 radical (unpaired) electrons. The molecule has 0 aliphatic heterocycles. The molecule has 2 heterocycles. The summed E-state index contributed by atoms with van der Waals surface area (Å²) in [5.41, 5.74) is 4.85. The van der Waals surface area contributed by atoms with E-state index in [1.54, 1.807) is 6.26 Å². The smallest absolute Gasteiger partial charge is 0.197 e. The van der Waals surface area contributed by atoms with Crippen LogP contribution in [0.25, 0.3) is 11.6 Å². The monoisotopic (exact) mass is 216 g/mol. The van der Waals surface area contributed by atoms with Gasteiger partial charge in [0.05, 0.1) is 6.26 Å². The van der Waals surface area contributed by atoms with Crippen LogP contribution in [0.3, 0.4) is 0 Å². The number of nitrogen functional groups attached to an aromatic ring is 1. The number of aromatic nitrogens is 2. The Balaban J connectivity index is 2.15. The molecule has 0 atom stereocenters. The number of nitrogens with one attached hydrogen (secondary N) is 1. The van der Waals surface area contributed by atoms with Crippen molar-refractivity contribution in [1.82, 2.24) is 9.97 Å². The topological polar surface area (TPSA) is 77.0 Å². The first-order chi connectivity index (χ1) is 7.88. The van der Waals surface area contributed by atoms with E-state index in [9.17, 15) is 0 Å². The summed E-state index contributed by atoms with van der Waals surface area (Å²) in [6, 6.07) is 3.67. The number of nitrogens with two attached hydrogens (primary N) is 1. The normalized spacial score (nSPS) is 13.8. The van der Waals surface area contributed by atoms with E-state index >= 15 is 0 Å². The lowest BCUT2D eigenvalue weighted by molar-refractivity contribution is 0.577. The molecule has 82 valence electrons. The van der Waals surface area contributed by atoms with Crippen LogP contribution >= 0.6 is 0 Å². The first-order valence-corrected chi connectivity index (χ1v) is 5.29. The van der Waals surface area contributed by atoms with Crippen LogP contribution in [0.2, 0.25) is 0 Å². The third kappa shape index (κ3) is 1.37. The highest BCUT2D eigenvalue weighted by Gasteiger charge is 2.19. The summed E-state index contributed by atoms with van der Waals surface area (Å²) in [6.45, 7) is 0. The lowest BCUT2D eigenvalue weighted by Crippen LogP contribution is -2.12. The number of aryl methyl sites for hydroxylation is 1. The fourth-order valence-electron chi connectivity index (χ4n) is 2.07. The molecule has 16 heavy (non-hydrogen) atoms. The van der Waals surface area contributed by atoms with Crippen molar-refractivity contribution in [3.63, 3.8) is 0 Å². The third-order valence-corrected chi connectivity index (χ3v) is 2.81. The van der Waals surface area contributed by atoms with Crippen molar-refractivity contribution >= 4 is 5.82 Å². The number of furan rings is 1. The summed E-state index contributed by atoms with van der Waals surface area (Å²) in [4.78, 5) is 8.87. The molecule has 1 aliphatic carbocycles. The van der Waals surface area contributed by atoms with Crippen molar-refractivity contribution < 1.29 is 4.42 Å². The molecule has 3 N–H and O–H groups in total. The molecule has 3 rings (SSSR count). The van der Waals surface area contributed by atoms with Gasteiger partial charge in [-0.1, -0.05) is 0 Å². The molecule has 5 nitrogen and oxygen atoms in total. The maximum Gasteiger partial charge on any atom is 0.197 e. The highest BCUT2D eigenvalue weighted by atomic mass is 16.3. The number of fused-ring (bicyclic) bond motifs is 1. The first kappa shape index (κ1) is 9.35. The molecule has 2 aromatic rings. The van der Waals surface area contributed by atoms with Crippen LogP contribution in [-0.4, -0.2) is 9.97 Å². The van der Waals surface area contributed by atoms with Crippen molar-refractivity contribution in [3.8, 4) is 11.6 Å².